The van der Waals surface area contributed by atoms with Crippen molar-refractivity contribution in [1.29, 1.82) is 0 Å². The molecule has 100 valence electrons. The molecule has 0 amide bonds. The molecule has 2 aliphatic heterocycles. The Labute approximate surface area is 104 Å². The summed E-state index contributed by atoms with van der Waals surface area (Å²) in [6.45, 7) is 2.07. The molecule has 2 heterocycles. The topological polar surface area (TPSA) is 66.6 Å². The summed E-state index contributed by atoms with van der Waals surface area (Å²) in [6.07, 6.45) is 2.44. The molecule has 2 saturated heterocycles. The van der Waals surface area contributed by atoms with Crippen molar-refractivity contribution in [2.75, 3.05) is 38.7 Å². The van der Waals surface area contributed by atoms with Gasteiger partial charge >= 0.3 is 0 Å². The van der Waals surface area contributed by atoms with E-state index in [4.69, 9.17) is 5.73 Å². The zero-order valence-electron chi connectivity index (χ0n) is 10.7. The molecule has 5 nitrogen and oxygen atoms in total. The highest BCUT2D eigenvalue weighted by molar-refractivity contribution is 7.91. The second kappa shape index (κ2) is 4.84. The van der Waals surface area contributed by atoms with Crippen LogP contribution in [0.3, 0.4) is 0 Å². The Morgan fingerprint density at radius 3 is 2.59 bits per heavy atom. The molecule has 6 heteroatoms. The predicted molar refractivity (Wildman–Crippen MR) is 68.7 cm³/mol. The first kappa shape index (κ1) is 13.3. The van der Waals surface area contributed by atoms with Crippen molar-refractivity contribution in [3.05, 3.63) is 0 Å². The quantitative estimate of drug-likeness (QED) is 0.716. The molecule has 0 saturated carbocycles. The van der Waals surface area contributed by atoms with Crippen LogP contribution in [0.2, 0.25) is 0 Å². The molecule has 2 aliphatic rings. The van der Waals surface area contributed by atoms with E-state index in [1.54, 1.807) is 0 Å². The highest BCUT2D eigenvalue weighted by atomic mass is 32.2. The maximum absolute atomic E-state index is 11.5. The zero-order chi connectivity index (χ0) is 12.6. The first-order valence-electron chi connectivity index (χ1n) is 6.25. The molecule has 0 aliphatic carbocycles. The number of sulfone groups is 1. The van der Waals surface area contributed by atoms with Crippen molar-refractivity contribution in [2.45, 2.75) is 31.0 Å². The lowest BCUT2D eigenvalue weighted by molar-refractivity contribution is 0.178. The summed E-state index contributed by atoms with van der Waals surface area (Å²) in [6, 6.07) is 0.321. The summed E-state index contributed by atoms with van der Waals surface area (Å²) >= 11 is 0. The van der Waals surface area contributed by atoms with Crippen molar-refractivity contribution in [3.63, 3.8) is 0 Å². The monoisotopic (exact) mass is 261 g/mol. The van der Waals surface area contributed by atoms with Crippen LogP contribution in [0.5, 0.6) is 0 Å². The molecule has 0 aromatic heterocycles. The second-order valence-corrected chi connectivity index (χ2v) is 7.68. The van der Waals surface area contributed by atoms with Crippen LogP contribution in [-0.2, 0) is 9.84 Å². The van der Waals surface area contributed by atoms with Crippen molar-refractivity contribution < 1.29 is 8.42 Å². The molecule has 0 bridgehead atoms. The molecule has 3 unspecified atom stereocenters. The zero-order valence-corrected chi connectivity index (χ0v) is 11.5. The maximum Gasteiger partial charge on any atom is 0.153 e. The van der Waals surface area contributed by atoms with Gasteiger partial charge in [0.15, 0.2) is 9.84 Å². The van der Waals surface area contributed by atoms with Crippen molar-refractivity contribution in [3.8, 4) is 0 Å². The third-order valence-electron chi connectivity index (χ3n) is 4.10. The summed E-state index contributed by atoms with van der Waals surface area (Å²) in [7, 11) is 1.22. The highest BCUT2D eigenvalue weighted by Gasteiger charge is 2.38. The third kappa shape index (κ3) is 2.99. The minimum atomic E-state index is -2.92. The van der Waals surface area contributed by atoms with Crippen LogP contribution in [0.25, 0.3) is 0 Å². The number of hydrogen-bond donors (Lipinski definition) is 1. The van der Waals surface area contributed by atoms with Gasteiger partial charge in [-0.05, 0) is 33.5 Å². The van der Waals surface area contributed by atoms with Crippen LogP contribution < -0.4 is 5.73 Å². The van der Waals surface area contributed by atoms with Gasteiger partial charge in [0.25, 0.3) is 0 Å². The van der Waals surface area contributed by atoms with Gasteiger partial charge in [-0.2, -0.15) is 0 Å². The van der Waals surface area contributed by atoms with Gasteiger partial charge < -0.3 is 10.6 Å². The summed E-state index contributed by atoms with van der Waals surface area (Å²) in [5, 5.41) is 0. The van der Waals surface area contributed by atoms with Crippen LogP contribution in [0.1, 0.15) is 12.8 Å². The average Bonchev–Trinajstić information content (AvgIpc) is 2.71. The van der Waals surface area contributed by atoms with E-state index in [1.165, 1.54) is 12.8 Å². The Hall–Kier alpha value is -0.170. The fraction of sp³-hybridized carbons (Fsp3) is 1.00. The van der Waals surface area contributed by atoms with E-state index < -0.39 is 9.84 Å². The lowest BCUT2D eigenvalue weighted by atomic mass is 10.1. The van der Waals surface area contributed by atoms with Crippen LogP contribution in [0.15, 0.2) is 0 Å². The average molecular weight is 261 g/mol. The first-order chi connectivity index (χ1) is 7.89. The molecule has 2 fully saturated rings. The SMILES string of the molecule is CN1CCCC1CN(C)C1CS(=O)(=O)CC1N. The van der Waals surface area contributed by atoms with Crippen molar-refractivity contribution in [1.82, 2.24) is 9.80 Å². The predicted octanol–water partition coefficient (Wildman–Crippen LogP) is -0.863. The third-order valence-corrected chi connectivity index (χ3v) is 5.84. The van der Waals surface area contributed by atoms with Crippen molar-refractivity contribution in [2.24, 2.45) is 5.73 Å². The largest absolute Gasteiger partial charge is 0.325 e. The Morgan fingerprint density at radius 1 is 1.41 bits per heavy atom. The summed E-state index contributed by atoms with van der Waals surface area (Å²) < 4.78 is 23.1. The van der Waals surface area contributed by atoms with Gasteiger partial charge in [0.2, 0.25) is 0 Å². The normalized spacial score (nSPS) is 38.0. The smallest absolute Gasteiger partial charge is 0.153 e. The van der Waals surface area contributed by atoms with Gasteiger partial charge in [-0.15, -0.1) is 0 Å². The minimum Gasteiger partial charge on any atom is -0.325 e. The Balaban J connectivity index is 1.94. The summed E-state index contributed by atoms with van der Waals surface area (Å²) in [5.74, 6) is 0.365. The second-order valence-electron chi connectivity index (χ2n) is 5.52. The summed E-state index contributed by atoms with van der Waals surface area (Å²) in [4.78, 5) is 4.49. The van der Waals surface area contributed by atoms with Crippen LogP contribution >= 0.6 is 0 Å². The van der Waals surface area contributed by atoms with E-state index in [0.717, 1.165) is 13.1 Å². The van der Waals surface area contributed by atoms with Crippen LogP contribution in [0.4, 0.5) is 0 Å². The van der Waals surface area contributed by atoms with Crippen LogP contribution in [0, 0.1) is 0 Å². The van der Waals surface area contributed by atoms with Gasteiger partial charge in [0.05, 0.1) is 11.5 Å². The lowest BCUT2D eigenvalue weighted by Crippen LogP contribution is -2.49. The molecular formula is C11H23N3O2S. The molecular weight excluding hydrogens is 238 g/mol. The number of rotatable bonds is 3. The van der Waals surface area contributed by atoms with Crippen LogP contribution in [-0.4, -0.2) is 75.0 Å². The number of hydrogen-bond acceptors (Lipinski definition) is 5. The number of nitrogens with zero attached hydrogens (tertiary/aromatic N) is 2. The lowest BCUT2D eigenvalue weighted by Gasteiger charge is -2.31. The first-order valence-corrected chi connectivity index (χ1v) is 8.07. The Kier molecular flexibility index (Phi) is 3.77. The van der Waals surface area contributed by atoms with Gasteiger partial charge in [-0.3, -0.25) is 4.90 Å². The van der Waals surface area contributed by atoms with E-state index in [2.05, 4.69) is 16.8 Å². The van der Waals surface area contributed by atoms with Crippen molar-refractivity contribution >= 4 is 9.84 Å². The van der Waals surface area contributed by atoms with Gasteiger partial charge in [0.1, 0.15) is 0 Å². The number of nitrogens with two attached hydrogens (primary N) is 1. The van der Waals surface area contributed by atoms with E-state index in [-0.39, 0.29) is 23.6 Å². The fourth-order valence-corrected chi connectivity index (χ4v) is 4.95. The molecule has 2 rings (SSSR count). The van der Waals surface area contributed by atoms with Gasteiger partial charge in [-0.25, -0.2) is 8.42 Å². The number of likely N-dealkylation sites (N-methyl/N-ethyl adjacent to an activating group) is 2. The standard InChI is InChI=1S/C11H23N3O2S/c1-13-5-3-4-9(13)6-14(2)11-8-17(15,16)7-10(11)12/h9-11H,3-8,12H2,1-2H3. The molecule has 0 spiro atoms. The molecule has 17 heavy (non-hydrogen) atoms. The molecule has 0 aromatic carbocycles. The Bertz CT molecular complexity index is 371. The maximum atomic E-state index is 11.5. The van der Waals surface area contributed by atoms with E-state index >= 15 is 0 Å². The van der Waals surface area contributed by atoms with Gasteiger partial charge in [0, 0.05) is 24.7 Å². The fourth-order valence-electron chi connectivity index (χ4n) is 2.99. The molecule has 0 radical (unpaired) electrons. The van der Waals surface area contributed by atoms with E-state index in [0.29, 0.717) is 6.04 Å². The highest BCUT2D eigenvalue weighted by Crippen LogP contribution is 2.20. The van der Waals surface area contributed by atoms with Gasteiger partial charge in [-0.1, -0.05) is 0 Å². The minimum absolute atomic E-state index is 0.00556. The Morgan fingerprint density at radius 2 is 2.12 bits per heavy atom. The number of likely N-dealkylation sites (tertiary alicyclic amines) is 1. The molecule has 2 N–H and O–H groups in total. The molecule has 3 atom stereocenters. The molecule has 0 aromatic rings. The summed E-state index contributed by atoms with van der Waals surface area (Å²) in [5.41, 5.74) is 5.93. The van der Waals surface area contributed by atoms with E-state index in [9.17, 15) is 8.42 Å². The van der Waals surface area contributed by atoms with E-state index in [1.807, 2.05) is 7.05 Å².